The van der Waals surface area contributed by atoms with Gasteiger partial charge in [-0.25, -0.2) is 4.39 Å². The Morgan fingerprint density at radius 1 is 1.42 bits per heavy atom. The number of ketones is 1. The largest absolute Gasteiger partial charge is 0.328 e. The quantitative estimate of drug-likeness (QED) is 0.920. The molecule has 0 saturated carbocycles. The number of nitrogens with zero attached hydrogens (tertiary/aromatic N) is 1. The van der Waals surface area contributed by atoms with E-state index in [9.17, 15) is 9.18 Å². The molecular weight excluding hydrogens is 311 g/mol. The number of carbonyl (C=O) groups excluding carboxylic acids is 1. The Kier molecular flexibility index (Phi) is 5.07. The van der Waals surface area contributed by atoms with Gasteiger partial charge in [0.2, 0.25) is 0 Å². The number of likely N-dealkylation sites (tertiary alicyclic amines) is 1. The van der Waals surface area contributed by atoms with Crippen molar-refractivity contribution >= 4 is 21.7 Å². The number of hydrogen-bond donors (Lipinski definition) is 1. The Bertz CT molecular complexity index is 459. The van der Waals surface area contributed by atoms with E-state index in [1.54, 1.807) is 6.07 Å². The highest BCUT2D eigenvalue weighted by molar-refractivity contribution is 9.10. The van der Waals surface area contributed by atoms with Crippen molar-refractivity contribution in [2.45, 2.75) is 25.3 Å². The molecule has 0 radical (unpaired) electrons. The van der Waals surface area contributed by atoms with Gasteiger partial charge in [0, 0.05) is 30.0 Å². The summed E-state index contributed by atoms with van der Waals surface area (Å²) in [6.45, 7) is 2.17. The average molecular weight is 329 g/mol. The van der Waals surface area contributed by atoms with Gasteiger partial charge in [0.1, 0.15) is 5.82 Å². The van der Waals surface area contributed by atoms with Crippen LogP contribution in [0.2, 0.25) is 0 Å². The molecule has 2 N–H and O–H groups in total. The highest BCUT2D eigenvalue weighted by Crippen LogP contribution is 2.19. The van der Waals surface area contributed by atoms with E-state index in [0.717, 1.165) is 30.4 Å². The Morgan fingerprint density at radius 3 is 2.79 bits per heavy atom. The first-order valence-electron chi connectivity index (χ1n) is 6.48. The Hall–Kier alpha value is -0.780. The van der Waals surface area contributed by atoms with Crippen molar-refractivity contribution in [3.05, 3.63) is 34.1 Å². The summed E-state index contributed by atoms with van der Waals surface area (Å²) in [6.07, 6.45) is 2.15. The lowest BCUT2D eigenvalue weighted by Gasteiger charge is -2.29. The van der Waals surface area contributed by atoms with Gasteiger partial charge in [-0.3, -0.25) is 9.69 Å². The lowest BCUT2D eigenvalue weighted by molar-refractivity contribution is -0.119. The minimum Gasteiger partial charge on any atom is -0.328 e. The van der Waals surface area contributed by atoms with Crippen LogP contribution in [0.3, 0.4) is 0 Å². The fourth-order valence-corrected chi connectivity index (χ4v) is 2.69. The molecule has 2 rings (SSSR count). The first-order chi connectivity index (χ1) is 9.04. The predicted molar refractivity (Wildman–Crippen MR) is 76.5 cm³/mol. The minimum absolute atomic E-state index is 0.113. The number of piperidine rings is 1. The lowest BCUT2D eigenvalue weighted by atomic mass is 10.0. The zero-order valence-electron chi connectivity index (χ0n) is 10.7. The second-order valence-electron chi connectivity index (χ2n) is 5.06. The van der Waals surface area contributed by atoms with Gasteiger partial charge in [-0.15, -0.1) is 0 Å². The third kappa shape index (κ3) is 4.37. The SMILES string of the molecule is NC1CCN(CC(=O)Cc2cc(F)ccc2Br)CC1. The van der Waals surface area contributed by atoms with Crippen LogP contribution in [0.4, 0.5) is 4.39 Å². The fraction of sp³-hybridized carbons (Fsp3) is 0.500. The van der Waals surface area contributed by atoms with E-state index in [1.807, 2.05) is 0 Å². The molecule has 1 aromatic rings. The maximum Gasteiger partial charge on any atom is 0.151 e. The van der Waals surface area contributed by atoms with Gasteiger partial charge in [-0.05, 0) is 36.6 Å². The van der Waals surface area contributed by atoms with E-state index in [-0.39, 0.29) is 24.1 Å². The zero-order valence-corrected chi connectivity index (χ0v) is 12.3. The molecule has 3 nitrogen and oxygen atoms in total. The monoisotopic (exact) mass is 328 g/mol. The summed E-state index contributed by atoms with van der Waals surface area (Å²) < 4.78 is 13.9. The van der Waals surface area contributed by atoms with Crippen LogP contribution in [0.25, 0.3) is 0 Å². The summed E-state index contributed by atoms with van der Waals surface area (Å²) in [5, 5.41) is 0. The number of Topliss-reactive ketones (excluding diaryl/α,β-unsaturated/α-hetero) is 1. The molecule has 1 aliphatic heterocycles. The van der Waals surface area contributed by atoms with Gasteiger partial charge in [-0.1, -0.05) is 15.9 Å². The molecule has 0 aliphatic carbocycles. The zero-order chi connectivity index (χ0) is 13.8. The van der Waals surface area contributed by atoms with Crippen molar-refractivity contribution < 1.29 is 9.18 Å². The molecule has 1 aliphatic rings. The van der Waals surface area contributed by atoms with Crippen LogP contribution in [0.15, 0.2) is 22.7 Å². The maximum atomic E-state index is 13.1. The molecule has 0 amide bonds. The molecule has 19 heavy (non-hydrogen) atoms. The summed E-state index contributed by atoms with van der Waals surface area (Å²) in [4.78, 5) is 14.1. The molecule has 0 aromatic heterocycles. The van der Waals surface area contributed by atoms with Crippen LogP contribution >= 0.6 is 15.9 Å². The van der Waals surface area contributed by atoms with Crippen molar-refractivity contribution in [3.63, 3.8) is 0 Å². The molecule has 0 atom stereocenters. The number of rotatable bonds is 4. The highest BCUT2D eigenvalue weighted by atomic mass is 79.9. The summed E-state index contributed by atoms with van der Waals surface area (Å²) in [5.74, 6) is -0.197. The van der Waals surface area contributed by atoms with Crippen LogP contribution in [0.1, 0.15) is 18.4 Å². The Labute approximate surface area is 121 Å². The number of carbonyl (C=O) groups is 1. The first kappa shape index (κ1) is 14.6. The summed E-state index contributed by atoms with van der Waals surface area (Å²) in [7, 11) is 0. The molecule has 5 heteroatoms. The van der Waals surface area contributed by atoms with Crippen LogP contribution in [0, 0.1) is 5.82 Å². The van der Waals surface area contributed by atoms with E-state index in [4.69, 9.17) is 5.73 Å². The number of hydrogen-bond acceptors (Lipinski definition) is 3. The average Bonchev–Trinajstić information content (AvgIpc) is 2.37. The Morgan fingerprint density at radius 2 is 2.11 bits per heavy atom. The lowest BCUT2D eigenvalue weighted by Crippen LogP contribution is -2.42. The predicted octanol–water partition coefficient (Wildman–Crippen LogP) is 2.12. The van der Waals surface area contributed by atoms with Crippen molar-refractivity contribution in [2.75, 3.05) is 19.6 Å². The van der Waals surface area contributed by atoms with E-state index in [0.29, 0.717) is 12.1 Å². The van der Waals surface area contributed by atoms with Crippen LogP contribution in [0.5, 0.6) is 0 Å². The summed E-state index contributed by atoms with van der Waals surface area (Å²) >= 11 is 3.34. The standard InChI is InChI=1S/C14H18BrFN2O/c15-14-2-1-11(16)7-10(14)8-13(19)9-18-5-3-12(17)4-6-18/h1-2,7,12H,3-6,8-9,17H2. The van der Waals surface area contributed by atoms with Gasteiger partial charge < -0.3 is 5.73 Å². The highest BCUT2D eigenvalue weighted by Gasteiger charge is 2.18. The van der Waals surface area contributed by atoms with Crippen LogP contribution < -0.4 is 5.73 Å². The number of nitrogens with two attached hydrogens (primary N) is 1. The molecule has 0 unspecified atom stereocenters. The van der Waals surface area contributed by atoms with Gasteiger partial charge in [0.15, 0.2) is 5.78 Å². The topological polar surface area (TPSA) is 46.3 Å². The van der Waals surface area contributed by atoms with Gasteiger partial charge >= 0.3 is 0 Å². The second-order valence-corrected chi connectivity index (χ2v) is 5.92. The van der Waals surface area contributed by atoms with E-state index >= 15 is 0 Å². The summed E-state index contributed by atoms with van der Waals surface area (Å²) in [6, 6.07) is 4.69. The number of halogens is 2. The first-order valence-corrected chi connectivity index (χ1v) is 7.27. The molecule has 0 spiro atoms. The molecule has 104 valence electrons. The third-order valence-corrected chi connectivity index (χ3v) is 4.20. The van der Waals surface area contributed by atoms with E-state index in [2.05, 4.69) is 20.8 Å². The maximum absolute atomic E-state index is 13.1. The molecule has 1 fully saturated rings. The normalized spacial score (nSPS) is 17.6. The molecule has 1 saturated heterocycles. The third-order valence-electron chi connectivity index (χ3n) is 3.43. The van der Waals surface area contributed by atoms with Crippen molar-refractivity contribution in [1.29, 1.82) is 0 Å². The molecular formula is C14H18BrFN2O. The van der Waals surface area contributed by atoms with Crippen LogP contribution in [-0.4, -0.2) is 36.4 Å². The minimum atomic E-state index is -0.310. The fourth-order valence-electron chi connectivity index (χ4n) is 2.31. The van der Waals surface area contributed by atoms with E-state index < -0.39 is 0 Å². The number of benzene rings is 1. The molecule has 1 aromatic carbocycles. The Balaban J connectivity index is 1.89. The summed E-state index contributed by atoms with van der Waals surface area (Å²) in [5.41, 5.74) is 6.54. The van der Waals surface area contributed by atoms with Crippen LogP contribution in [-0.2, 0) is 11.2 Å². The smallest absolute Gasteiger partial charge is 0.151 e. The second kappa shape index (κ2) is 6.59. The van der Waals surface area contributed by atoms with E-state index in [1.165, 1.54) is 12.1 Å². The molecule has 0 bridgehead atoms. The van der Waals surface area contributed by atoms with Gasteiger partial charge in [-0.2, -0.15) is 0 Å². The molecule has 1 heterocycles. The van der Waals surface area contributed by atoms with Crippen molar-refractivity contribution in [3.8, 4) is 0 Å². The van der Waals surface area contributed by atoms with Gasteiger partial charge in [0.05, 0.1) is 6.54 Å². The van der Waals surface area contributed by atoms with Crippen molar-refractivity contribution in [1.82, 2.24) is 4.90 Å². The van der Waals surface area contributed by atoms with Gasteiger partial charge in [0.25, 0.3) is 0 Å². The van der Waals surface area contributed by atoms with Crippen molar-refractivity contribution in [2.24, 2.45) is 5.73 Å².